The van der Waals surface area contributed by atoms with Gasteiger partial charge in [-0.1, -0.05) is 49.7 Å². The topological polar surface area (TPSA) is 3.24 Å². The highest BCUT2D eigenvalue weighted by atomic mass is 15.1. The molecule has 0 spiro atoms. The summed E-state index contributed by atoms with van der Waals surface area (Å²) in [6, 6.07) is 8.66. The van der Waals surface area contributed by atoms with E-state index in [2.05, 4.69) is 44.1 Å². The Bertz CT molecular complexity index is 345. The van der Waals surface area contributed by atoms with E-state index in [-0.39, 0.29) is 0 Å². The van der Waals surface area contributed by atoms with Crippen molar-refractivity contribution in [1.29, 1.82) is 0 Å². The molecule has 0 bridgehead atoms. The molecule has 0 saturated heterocycles. The number of aryl methyl sites for hydroxylation is 1. The van der Waals surface area contributed by atoms with Gasteiger partial charge < -0.3 is 4.90 Å². The first-order valence-corrected chi connectivity index (χ1v) is 7.06. The smallest absolute Gasteiger partial charge is 0.105 e. The first kappa shape index (κ1) is 12.5. The Hall–Kier alpha value is -0.915. The molecule has 1 fully saturated rings. The molecular formula is C15H24BN. The van der Waals surface area contributed by atoms with E-state index in [9.17, 15) is 0 Å². The SMILES string of the molecule is BC1CCCC1.CN1CCCc2ccccc21. The molecule has 2 heteroatoms. The van der Waals surface area contributed by atoms with Crippen LogP contribution in [0.3, 0.4) is 0 Å². The van der Waals surface area contributed by atoms with E-state index in [1.165, 1.54) is 56.3 Å². The van der Waals surface area contributed by atoms with Gasteiger partial charge in [0.1, 0.15) is 7.85 Å². The van der Waals surface area contributed by atoms with Crippen LogP contribution in [0.4, 0.5) is 5.69 Å². The summed E-state index contributed by atoms with van der Waals surface area (Å²) >= 11 is 0. The van der Waals surface area contributed by atoms with Gasteiger partial charge in [-0.15, -0.1) is 0 Å². The molecule has 1 aliphatic carbocycles. The number of rotatable bonds is 0. The van der Waals surface area contributed by atoms with E-state index in [4.69, 9.17) is 0 Å². The van der Waals surface area contributed by atoms with Crippen LogP contribution >= 0.6 is 0 Å². The molecule has 1 heterocycles. The van der Waals surface area contributed by atoms with Gasteiger partial charge in [-0.05, 0) is 24.5 Å². The van der Waals surface area contributed by atoms with Crippen LogP contribution < -0.4 is 4.90 Å². The zero-order valence-electron chi connectivity index (χ0n) is 11.3. The van der Waals surface area contributed by atoms with Crippen molar-refractivity contribution >= 4 is 13.5 Å². The average molecular weight is 229 g/mol. The van der Waals surface area contributed by atoms with Crippen LogP contribution in [0.15, 0.2) is 24.3 Å². The highest BCUT2D eigenvalue weighted by Gasteiger charge is 2.11. The van der Waals surface area contributed by atoms with Gasteiger partial charge in [-0.25, -0.2) is 0 Å². The van der Waals surface area contributed by atoms with Crippen LogP contribution in [-0.4, -0.2) is 21.4 Å². The number of benzene rings is 1. The monoisotopic (exact) mass is 229 g/mol. The van der Waals surface area contributed by atoms with Crippen LogP contribution in [-0.2, 0) is 6.42 Å². The average Bonchev–Trinajstić information content (AvgIpc) is 2.82. The van der Waals surface area contributed by atoms with Gasteiger partial charge in [0.15, 0.2) is 0 Å². The van der Waals surface area contributed by atoms with Crippen molar-refractivity contribution in [3.63, 3.8) is 0 Å². The second-order valence-electron chi connectivity index (χ2n) is 5.54. The Morgan fingerprint density at radius 2 is 1.82 bits per heavy atom. The number of nitrogens with zero attached hydrogens (tertiary/aromatic N) is 1. The third-order valence-electron chi connectivity index (χ3n) is 3.99. The van der Waals surface area contributed by atoms with Gasteiger partial charge in [0.25, 0.3) is 0 Å². The minimum atomic E-state index is 1.05. The summed E-state index contributed by atoms with van der Waals surface area (Å²) in [6.07, 6.45) is 8.50. The zero-order chi connectivity index (χ0) is 12.1. The molecule has 0 radical (unpaired) electrons. The largest absolute Gasteiger partial charge is 0.374 e. The summed E-state index contributed by atoms with van der Waals surface area (Å²) in [5, 5.41) is 0. The second-order valence-corrected chi connectivity index (χ2v) is 5.54. The summed E-state index contributed by atoms with van der Waals surface area (Å²) in [6.45, 7) is 1.21. The second kappa shape index (κ2) is 6.14. The highest BCUT2D eigenvalue weighted by molar-refractivity contribution is 6.11. The number of anilines is 1. The van der Waals surface area contributed by atoms with Crippen LogP contribution in [0.1, 0.15) is 37.7 Å². The zero-order valence-corrected chi connectivity index (χ0v) is 11.3. The van der Waals surface area contributed by atoms with Crippen LogP contribution in [0.2, 0.25) is 5.82 Å². The maximum atomic E-state index is 2.34. The maximum absolute atomic E-state index is 2.34. The van der Waals surface area contributed by atoms with Crippen molar-refractivity contribution in [3.05, 3.63) is 29.8 Å². The van der Waals surface area contributed by atoms with Crippen molar-refractivity contribution < 1.29 is 0 Å². The molecule has 0 N–H and O–H groups in total. The molecule has 0 amide bonds. The third kappa shape index (κ3) is 3.52. The van der Waals surface area contributed by atoms with Gasteiger partial charge in [-0.3, -0.25) is 0 Å². The molecule has 1 aliphatic heterocycles. The number of para-hydroxylation sites is 1. The van der Waals surface area contributed by atoms with E-state index in [1.807, 2.05) is 0 Å². The van der Waals surface area contributed by atoms with Crippen molar-refractivity contribution in [2.75, 3.05) is 18.5 Å². The fraction of sp³-hybridized carbons (Fsp3) is 0.600. The normalized spacial score (nSPS) is 19.5. The molecule has 17 heavy (non-hydrogen) atoms. The third-order valence-corrected chi connectivity index (χ3v) is 3.99. The Kier molecular flexibility index (Phi) is 4.53. The first-order valence-electron chi connectivity index (χ1n) is 7.06. The summed E-state index contributed by atoms with van der Waals surface area (Å²) in [5.74, 6) is 1.05. The van der Waals surface area contributed by atoms with E-state index in [1.54, 1.807) is 0 Å². The summed E-state index contributed by atoms with van der Waals surface area (Å²) < 4.78 is 0. The molecule has 3 rings (SSSR count). The molecular weight excluding hydrogens is 205 g/mol. The Balaban J connectivity index is 0.000000153. The number of hydrogen-bond donors (Lipinski definition) is 0. The minimum absolute atomic E-state index is 1.05. The fourth-order valence-electron chi connectivity index (χ4n) is 2.85. The Labute approximate surface area is 107 Å². The van der Waals surface area contributed by atoms with Gasteiger partial charge >= 0.3 is 0 Å². The quantitative estimate of drug-likeness (QED) is 0.618. The fourth-order valence-corrected chi connectivity index (χ4v) is 2.85. The van der Waals surface area contributed by atoms with E-state index >= 15 is 0 Å². The van der Waals surface area contributed by atoms with Gasteiger partial charge in [0.2, 0.25) is 0 Å². The van der Waals surface area contributed by atoms with Gasteiger partial charge in [-0.2, -0.15) is 0 Å². The summed E-state index contributed by atoms with van der Waals surface area (Å²) in [7, 11) is 4.50. The van der Waals surface area contributed by atoms with Gasteiger partial charge in [0, 0.05) is 19.3 Å². The lowest BCUT2D eigenvalue weighted by Crippen LogP contribution is -2.24. The molecule has 0 aromatic heterocycles. The Morgan fingerprint density at radius 3 is 2.41 bits per heavy atom. The predicted octanol–water partition coefficient (Wildman–Crippen LogP) is 3.05. The van der Waals surface area contributed by atoms with Crippen molar-refractivity contribution in [3.8, 4) is 0 Å². The first-order chi connectivity index (χ1) is 8.27. The lowest BCUT2D eigenvalue weighted by molar-refractivity contribution is 0.744. The molecule has 0 atom stereocenters. The minimum Gasteiger partial charge on any atom is -0.374 e. The molecule has 0 unspecified atom stereocenters. The standard InChI is InChI=1S/C10H13N.C5H11B/c1-11-8-4-6-9-5-2-3-7-10(9)11;6-5-3-1-2-4-5/h2-3,5,7H,4,6,8H2,1H3;5H,1-4,6H2. The molecule has 1 saturated carbocycles. The molecule has 2 aliphatic rings. The van der Waals surface area contributed by atoms with Crippen molar-refractivity contribution in [2.45, 2.75) is 44.3 Å². The molecule has 1 aromatic carbocycles. The summed E-state index contributed by atoms with van der Waals surface area (Å²) in [4.78, 5) is 2.33. The molecule has 1 aromatic rings. The van der Waals surface area contributed by atoms with Gasteiger partial charge in [0.05, 0.1) is 0 Å². The summed E-state index contributed by atoms with van der Waals surface area (Å²) in [5.41, 5.74) is 2.92. The van der Waals surface area contributed by atoms with Crippen LogP contribution in [0, 0.1) is 0 Å². The maximum Gasteiger partial charge on any atom is 0.105 e. The van der Waals surface area contributed by atoms with Crippen LogP contribution in [0.25, 0.3) is 0 Å². The Morgan fingerprint density at radius 1 is 1.12 bits per heavy atom. The van der Waals surface area contributed by atoms with Crippen LogP contribution in [0.5, 0.6) is 0 Å². The van der Waals surface area contributed by atoms with Crippen molar-refractivity contribution in [1.82, 2.24) is 0 Å². The van der Waals surface area contributed by atoms with E-state index in [0.717, 1.165) is 5.82 Å². The predicted molar refractivity (Wildman–Crippen MR) is 78.8 cm³/mol. The van der Waals surface area contributed by atoms with Crippen molar-refractivity contribution in [2.24, 2.45) is 0 Å². The number of hydrogen-bond acceptors (Lipinski definition) is 1. The molecule has 92 valence electrons. The highest BCUT2D eigenvalue weighted by Crippen LogP contribution is 2.26. The lowest BCUT2D eigenvalue weighted by Gasteiger charge is -2.26. The number of fused-ring (bicyclic) bond motifs is 1. The lowest BCUT2D eigenvalue weighted by atomic mass is 9.86. The van der Waals surface area contributed by atoms with E-state index < -0.39 is 0 Å². The van der Waals surface area contributed by atoms with E-state index in [0.29, 0.717) is 0 Å². The molecule has 1 nitrogen and oxygen atoms in total.